The van der Waals surface area contributed by atoms with Gasteiger partial charge in [0.15, 0.2) is 5.16 Å². The number of thioether (sulfide) groups is 1. The monoisotopic (exact) mass is 538 g/mol. The van der Waals surface area contributed by atoms with E-state index in [1.165, 1.54) is 16.6 Å². The zero-order valence-corrected chi connectivity index (χ0v) is 21.8. The van der Waals surface area contributed by atoms with Crippen molar-refractivity contribution in [2.75, 3.05) is 5.75 Å². The van der Waals surface area contributed by atoms with E-state index in [4.69, 9.17) is 16.6 Å². The molecule has 0 fully saturated rings. The summed E-state index contributed by atoms with van der Waals surface area (Å²) in [6.07, 6.45) is 4.04. The van der Waals surface area contributed by atoms with E-state index >= 15 is 0 Å². The first-order valence-electron chi connectivity index (χ1n) is 11.5. The summed E-state index contributed by atoms with van der Waals surface area (Å²) in [5, 5.41) is 15.8. The number of hydrazone groups is 1. The van der Waals surface area contributed by atoms with Crippen LogP contribution in [0.2, 0.25) is 5.02 Å². The fraction of sp³-hybridized carbons (Fsp3) is 0.231. The number of aromatic nitrogens is 2. The zero-order chi connectivity index (χ0) is 25.2. The molecule has 2 aromatic heterocycles. The van der Waals surface area contributed by atoms with Crippen molar-refractivity contribution in [2.24, 2.45) is 5.10 Å². The molecule has 0 aliphatic heterocycles. The molecule has 36 heavy (non-hydrogen) atoms. The fourth-order valence-electron chi connectivity index (χ4n) is 4.25. The Balaban J connectivity index is 1.45. The lowest BCUT2D eigenvalue weighted by molar-refractivity contribution is -0.118. The van der Waals surface area contributed by atoms with E-state index in [1.54, 1.807) is 71.4 Å². The van der Waals surface area contributed by atoms with E-state index < -0.39 is 0 Å². The summed E-state index contributed by atoms with van der Waals surface area (Å²) in [5.41, 5.74) is 5.17. The van der Waals surface area contributed by atoms with E-state index in [1.807, 2.05) is 0 Å². The van der Waals surface area contributed by atoms with E-state index in [9.17, 15) is 14.7 Å². The van der Waals surface area contributed by atoms with Gasteiger partial charge in [0.2, 0.25) is 0 Å². The number of amides is 1. The zero-order valence-electron chi connectivity index (χ0n) is 19.5. The summed E-state index contributed by atoms with van der Waals surface area (Å²) in [5.74, 6) is -0.253. The number of halogens is 1. The Bertz CT molecular complexity index is 1540. The van der Waals surface area contributed by atoms with Crippen LogP contribution in [0.1, 0.15) is 35.8 Å². The molecule has 0 spiro atoms. The Morgan fingerprint density at radius 3 is 2.72 bits per heavy atom. The number of aryl methyl sites for hydroxylation is 2. The Hall–Kier alpha value is -3.14. The number of phenolic OH excluding ortho intramolecular Hbond substituents is 1. The van der Waals surface area contributed by atoms with Crippen LogP contribution in [0.3, 0.4) is 0 Å². The van der Waals surface area contributed by atoms with Gasteiger partial charge in [-0.3, -0.25) is 14.2 Å². The van der Waals surface area contributed by atoms with Gasteiger partial charge in [-0.25, -0.2) is 10.4 Å². The topological polar surface area (TPSA) is 96.6 Å². The Labute approximate surface area is 220 Å². The predicted octanol–water partition coefficient (Wildman–Crippen LogP) is 5.32. The third-order valence-electron chi connectivity index (χ3n) is 6.02. The smallest absolute Gasteiger partial charge is 0.267 e. The molecule has 0 bridgehead atoms. The molecule has 0 saturated heterocycles. The van der Waals surface area contributed by atoms with Crippen molar-refractivity contribution in [3.8, 4) is 11.4 Å². The van der Waals surface area contributed by atoms with Gasteiger partial charge in [0.1, 0.15) is 10.6 Å². The number of carbonyl (C=O) groups excluding carboxylic acids is 1. The molecule has 5 rings (SSSR count). The lowest BCUT2D eigenvalue weighted by Gasteiger charge is -2.13. The molecule has 184 valence electrons. The molecule has 0 radical (unpaired) electrons. The predicted molar refractivity (Wildman–Crippen MR) is 146 cm³/mol. The molecule has 4 aromatic rings. The molecule has 2 N–H and O–H groups in total. The summed E-state index contributed by atoms with van der Waals surface area (Å²) in [4.78, 5) is 33.1. The summed E-state index contributed by atoms with van der Waals surface area (Å²) >= 11 is 8.83. The number of thiophene rings is 1. The number of rotatable bonds is 6. The number of fused-ring (bicyclic) bond motifs is 3. The molecule has 0 atom stereocenters. The third kappa shape index (κ3) is 4.91. The van der Waals surface area contributed by atoms with Crippen LogP contribution in [0.25, 0.3) is 15.9 Å². The van der Waals surface area contributed by atoms with Crippen LogP contribution in [-0.4, -0.2) is 32.0 Å². The molecule has 2 heterocycles. The lowest BCUT2D eigenvalue weighted by Crippen LogP contribution is -2.24. The first kappa shape index (κ1) is 24.5. The lowest BCUT2D eigenvalue weighted by atomic mass is 9.97. The minimum Gasteiger partial charge on any atom is -0.507 e. The van der Waals surface area contributed by atoms with Crippen LogP contribution < -0.4 is 11.0 Å². The summed E-state index contributed by atoms with van der Waals surface area (Å²) < 4.78 is 1.56. The van der Waals surface area contributed by atoms with Crippen molar-refractivity contribution < 1.29 is 9.90 Å². The van der Waals surface area contributed by atoms with Crippen LogP contribution in [0.4, 0.5) is 0 Å². The average molecular weight is 539 g/mol. The minimum atomic E-state index is -0.350. The normalized spacial score (nSPS) is 13.6. The molecule has 7 nitrogen and oxygen atoms in total. The van der Waals surface area contributed by atoms with Gasteiger partial charge >= 0.3 is 0 Å². The number of benzene rings is 2. The van der Waals surface area contributed by atoms with Crippen LogP contribution in [0.15, 0.2) is 63.6 Å². The van der Waals surface area contributed by atoms with Gasteiger partial charge in [0.05, 0.1) is 22.5 Å². The van der Waals surface area contributed by atoms with Gasteiger partial charge in [0.25, 0.3) is 11.5 Å². The average Bonchev–Trinajstić information content (AvgIpc) is 3.26. The third-order valence-corrected chi connectivity index (χ3v) is 8.39. The van der Waals surface area contributed by atoms with Gasteiger partial charge in [-0.15, -0.1) is 11.3 Å². The Morgan fingerprint density at radius 2 is 1.94 bits per heavy atom. The van der Waals surface area contributed by atoms with E-state index in [0.717, 1.165) is 31.2 Å². The number of aromatic hydroxyl groups is 1. The summed E-state index contributed by atoms with van der Waals surface area (Å²) in [7, 11) is 0. The molecular formula is C26H23ClN4O3S2. The highest BCUT2D eigenvalue weighted by Gasteiger charge is 2.23. The molecule has 1 amide bonds. The van der Waals surface area contributed by atoms with Crippen LogP contribution in [0.5, 0.6) is 5.75 Å². The molecule has 1 aliphatic rings. The highest BCUT2D eigenvalue weighted by atomic mass is 35.5. The van der Waals surface area contributed by atoms with Crippen molar-refractivity contribution >= 4 is 56.5 Å². The first-order valence-corrected chi connectivity index (χ1v) is 13.7. The van der Waals surface area contributed by atoms with Crippen molar-refractivity contribution in [3.63, 3.8) is 0 Å². The molecule has 2 aromatic carbocycles. The SMILES string of the molecule is CC(=NNC(=O)CSc1nc2sc3c(c2c(=O)n1-c1ccc(Cl)cc1)CCCC3)c1ccccc1O. The molecule has 10 heteroatoms. The molecule has 1 aliphatic carbocycles. The Morgan fingerprint density at radius 1 is 1.19 bits per heavy atom. The maximum absolute atomic E-state index is 13.8. The quantitative estimate of drug-likeness (QED) is 0.150. The maximum atomic E-state index is 13.8. The number of hydrogen-bond acceptors (Lipinski definition) is 7. The van der Waals surface area contributed by atoms with Gasteiger partial charge < -0.3 is 5.11 Å². The largest absolute Gasteiger partial charge is 0.507 e. The highest BCUT2D eigenvalue weighted by molar-refractivity contribution is 7.99. The standard InChI is InChI=1S/C26H23ClN4O3S2/c1-15(18-6-2-4-8-20(18)32)29-30-22(33)14-35-26-28-24-23(19-7-3-5-9-21(19)36-24)25(34)31(26)17-12-10-16(27)11-13-17/h2,4,6,8,10-13,32H,3,5,7,9,14H2,1H3,(H,30,33). The number of phenols is 1. The minimum absolute atomic E-state index is 0.00811. The Kier molecular flexibility index (Phi) is 7.13. The summed E-state index contributed by atoms with van der Waals surface area (Å²) in [6.45, 7) is 1.70. The van der Waals surface area contributed by atoms with Crippen LogP contribution in [0, 0.1) is 0 Å². The van der Waals surface area contributed by atoms with Crippen LogP contribution >= 0.6 is 34.7 Å². The number of nitrogens with one attached hydrogen (secondary N) is 1. The van der Waals surface area contributed by atoms with Crippen LogP contribution in [-0.2, 0) is 17.6 Å². The van der Waals surface area contributed by atoms with Gasteiger partial charge in [-0.05, 0) is 74.6 Å². The molecule has 0 unspecified atom stereocenters. The fourth-order valence-corrected chi connectivity index (χ4v) is 6.48. The van der Waals surface area contributed by atoms with Gasteiger partial charge in [-0.1, -0.05) is 35.5 Å². The van der Waals surface area contributed by atoms with E-state index in [0.29, 0.717) is 37.4 Å². The second-order valence-electron chi connectivity index (χ2n) is 8.44. The molecule has 0 saturated carbocycles. The second kappa shape index (κ2) is 10.5. The number of para-hydroxylation sites is 1. The van der Waals surface area contributed by atoms with Crippen molar-refractivity contribution in [2.45, 2.75) is 37.8 Å². The molecular weight excluding hydrogens is 516 g/mol. The highest BCUT2D eigenvalue weighted by Crippen LogP contribution is 2.35. The second-order valence-corrected chi connectivity index (χ2v) is 10.9. The number of hydrogen-bond donors (Lipinski definition) is 2. The van der Waals surface area contributed by atoms with Gasteiger partial charge in [0, 0.05) is 15.5 Å². The maximum Gasteiger partial charge on any atom is 0.267 e. The van der Waals surface area contributed by atoms with E-state index in [2.05, 4.69) is 10.5 Å². The first-order chi connectivity index (χ1) is 17.4. The summed E-state index contributed by atoms with van der Waals surface area (Å²) in [6, 6.07) is 13.8. The number of nitrogens with zero attached hydrogens (tertiary/aromatic N) is 3. The van der Waals surface area contributed by atoms with Crippen molar-refractivity contribution in [1.29, 1.82) is 0 Å². The van der Waals surface area contributed by atoms with E-state index in [-0.39, 0.29) is 23.0 Å². The van der Waals surface area contributed by atoms with Crippen molar-refractivity contribution in [1.82, 2.24) is 15.0 Å². The number of carbonyl (C=O) groups is 1. The van der Waals surface area contributed by atoms with Crippen molar-refractivity contribution in [3.05, 3.63) is 79.9 Å². The van der Waals surface area contributed by atoms with Gasteiger partial charge in [-0.2, -0.15) is 5.10 Å².